The summed E-state index contributed by atoms with van der Waals surface area (Å²) >= 11 is 0. The van der Waals surface area contributed by atoms with Crippen LogP contribution in [-0.2, 0) is 4.79 Å². The van der Waals surface area contributed by atoms with E-state index in [0.29, 0.717) is 11.1 Å². The molecule has 0 aliphatic heterocycles. The van der Waals surface area contributed by atoms with Gasteiger partial charge in [0, 0.05) is 17.6 Å². The van der Waals surface area contributed by atoms with Crippen molar-refractivity contribution < 1.29 is 9.53 Å². The summed E-state index contributed by atoms with van der Waals surface area (Å²) in [5.74, 6) is 0.580. The summed E-state index contributed by atoms with van der Waals surface area (Å²) in [6.45, 7) is 1.97. The van der Waals surface area contributed by atoms with Crippen LogP contribution < -0.4 is 15.6 Å². The van der Waals surface area contributed by atoms with Gasteiger partial charge >= 0.3 is 0 Å². The van der Waals surface area contributed by atoms with Gasteiger partial charge in [0.15, 0.2) is 0 Å². The normalized spacial score (nSPS) is 15.7. The molecule has 1 heterocycles. The first-order valence-corrected chi connectivity index (χ1v) is 10.6. The summed E-state index contributed by atoms with van der Waals surface area (Å²) in [5, 5.41) is 4.75. The summed E-state index contributed by atoms with van der Waals surface area (Å²) in [6, 6.07) is 14.4. The number of carbonyl (C=O) groups excluding carboxylic acids is 1. The Morgan fingerprint density at radius 1 is 1.03 bits per heavy atom. The van der Waals surface area contributed by atoms with E-state index in [9.17, 15) is 9.59 Å². The summed E-state index contributed by atoms with van der Waals surface area (Å²) in [6.07, 6.45) is 7.28. The lowest BCUT2D eigenvalue weighted by Crippen LogP contribution is -2.43. The highest BCUT2D eigenvalue weighted by atomic mass is 16.5. The third kappa shape index (κ3) is 3.97. The summed E-state index contributed by atoms with van der Waals surface area (Å²) in [4.78, 5) is 26.8. The molecule has 0 spiro atoms. The van der Waals surface area contributed by atoms with Crippen LogP contribution in [0.3, 0.4) is 0 Å². The fourth-order valence-corrected chi connectivity index (χ4v) is 4.43. The number of nitrogens with zero attached hydrogens (tertiary/aromatic N) is 1. The molecule has 1 atom stereocenters. The molecular weight excluding hydrogens is 376 g/mol. The van der Waals surface area contributed by atoms with Gasteiger partial charge in [-0.2, -0.15) is 0 Å². The number of nitrogens with one attached hydrogen (secondary N) is 1. The van der Waals surface area contributed by atoms with Crippen LogP contribution in [0.25, 0.3) is 10.8 Å². The quantitative estimate of drug-likeness (QED) is 0.687. The largest absolute Gasteiger partial charge is 0.497 e. The standard InChI is InChI=1S/C25H28N2O3/c1-17-16-27(25(29)22-11-7-6-10-21(17)22)23(18-12-14-20(30-2)15-13-18)24(28)26-19-8-4-3-5-9-19/h6-7,10-16,19,23H,3-5,8-9H2,1-2H3,(H,26,28). The lowest BCUT2D eigenvalue weighted by atomic mass is 9.94. The minimum absolute atomic E-state index is 0.135. The number of rotatable bonds is 5. The Balaban J connectivity index is 1.80. The van der Waals surface area contributed by atoms with Crippen LogP contribution in [0.4, 0.5) is 0 Å². The maximum absolute atomic E-state index is 13.5. The van der Waals surface area contributed by atoms with Crippen LogP contribution in [0.15, 0.2) is 59.5 Å². The number of benzene rings is 2. The van der Waals surface area contributed by atoms with E-state index in [1.165, 1.54) is 6.42 Å². The highest BCUT2D eigenvalue weighted by Crippen LogP contribution is 2.25. The molecule has 1 aromatic heterocycles. The second kappa shape index (κ2) is 8.74. The molecule has 0 saturated heterocycles. The average molecular weight is 405 g/mol. The van der Waals surface area contributed by atoms with Gasteiger partial charge in [-0.05, 0) is 54.5 Å². The molecule has 1 fully saturated rings. The molecule has 5 nitrogen and oxygen atoms in total. The Bertz CT molecular complexity index is 1100. The Hall–Kier alpha value is -3.08. The highest BCUT2D eigenvalue weighted by Gasteiger charge is 2.27. The topological polar surface area (TPSA) is 60.3 Å². The number of methoxy groups -OCH3 is 1. The molecule has 1 N–H and O–H groups in total. The lowest BCUT2D eigenvalue weighted by molar-refractivity contribution is -0.124. The third-order valence-corrected chi connectivity index (χ3v) is 6.06. The van der Waals surface area contributed by atoms with Crippen LogP contribution in [-0.4, -0.2) is 23.6 Å². The predicted molar refractivity (Wildman–Crippen MR) is 119 cm³/mol. The molecule has 2 aromatic carbocycles. The molecule has 156 valence electrons. The fourth-order valence-electron chi connectivity index (χ4n) is 4.43. The van der Waals surface area contributed by atoms with Crippen LogP contribution in [0.2, 0.25) is 0 Å². The summed E-state index contributed by atoms with van der Waals surface area (Å²) in [5.41, 5.74) is 1.57. The molecule has 1 aliphatic carbocycles. The zero-order chi connectivity index (χ0) is 21.1. The van der Waals surface area contributed by atoms with Gasteiger partial charge in [0.25, 0.3) is 5.56 Å². The van der Waals surface area contributed by atoms with E-state index in [2.05, 4.69) is 5.32 Å². The molecule has 0 bridgehead atoms. The van der Waals surface area contributed by atoms with Crippen molar-refractivity contribution in [1.82, 2.24) is 9.88 Å². The Morgan fingerprint density at radius 3 is 2.37 bits per heavy atom. The Kier molecular flexibility index (Phi) is 5.88. The van der Waals surface area contributed by atoms with Gasteiger partial charge in [-0.15, -0.1) is 0 Å². The van der Waals surface area contributed by atoms with Gasteiger partial charge in [0.1, 0.15) is 11.8 Å². The Labute approximate surface area is 176 Å². The second-order valence-corrected chi connectivity index (χ2v) is 8.09. The van der Waals surface area contributed by atoms with Crippen molar-refractivity contribution in [3.05, 3.63) is 76.2 Å². The number of ether oxygens (including phenoxy) is 1. The van der Waals surface area contributed by atoms with Gasteiger partial charge in [-0.3, -0.25) is 14.2 Å². The molecule has 0 radical (unpaired) electrons. The fraction of sp³-hybridized carbons (Fsp3) is 0.360. The third-order valence-electron chi connectivity index (χ3n) is 6.06. The van der Waals surface area contributed by atoms with Gasteiger partial charge < -0.3 is 10.1 Å². The minimum Gasteiger partial charge on any atom is -0.497 e. The van der Waals surface area contributed by atoms with Gasteiger partial charge in [0.2, 0.25) is 5.91 Å². The highest BCUT2D eigenvalue weighted by molar-refractivity contribution is 5.87. The van der Waals surface area contributed by atoms with Crippen molar-refractivity contribution in [1.29, 1.82) is 0 Å². The second-order valence-electron chi connectivity index (χ2n) is 8.09. The molecular formula is C25H28N2O3. The summed E-state index contributed by atoms with van der Waals surface area (Å²) < 4.78 is 6.85. The lowest BCUT2D eigenvalue weighted by Gasteiger charge is -2.27. The van der Waals surface area contributed by atoms with E-state index in [0.717, 1.165) is 42.2 Å². The molecule has 3 aromatic rings. The van der Waals surface area contributed by atoms with Gasteiger partial charge in [-0.25, -0.2) is 0 Å². The molecule has 30 heavy (non-hydrogen) atoms. The zero-order valence-corrected chi connectivity index (χ0v) is 17.6. The van der Waals surface area contributed by atoms with E-state index >= 15 is 0 Å². The SMILES string of the molecule is COc1ccc(C(C(=O)NC2CCCCC2)n2cc(C)c3ccccc3c2=O)cc1. The smallest absolute Gasteiger partial charge is 0.259 e. The van der Waals surface area contributed by atoms with Crippen LogP contribution >= 0.6 is 0 Å². The Morgan fingerprint density at radius 2 is 1.70 bits per heavy atom. The van der Waals surface area contributed by atoms with Crippen molar-refractivity contribution in [3.8, 4) is 5.75 Å². The van der Waals surface area contributed by atoms with Crippen LogP contribution in [0, 0.1) is 6.92 Å². The molecule has 1 saturated carbocycles. The predicted octanol–water partition coefficient (Wildman–Crippen LogP) is 4.36. The van der Waals surface area contributed by atoms with Crippen molar-refractivity contribution in [2.75, 3.05) is 7.11 Å². The van der Waals surface area contributed by atoms with Crippen LogP contribution in [0.5, 0.6) is 5.75 Å². The maximum atomic E-state index is 13.5. The van der Waals surface area contributed by atoms with Gasteiger partial charge in [-0.1, -0.05) is 49.6 Å². The molecule has 5 heteroatoms. The van der Waals surface area contributed by atoms with Crippen LogP contribution in [0.1, 0.15) is 49.3 Å². The average Bonchev–Trinajstić information content (AvgIpc) is 2.78. The van der Waals surface area contributed by atoms with E-state index < -0.39 is 6.04 Å². The number of hydrogen-bond acceptors (Lipinski definition) is 3. The summed E-state index contributed by atoms with van der Waals surface area (Å²) in [7, 11) is 1.61. The number of aromatic nitrogens is 1. The number of hydrogen-bond donors (Lipinski definition) is 1. The molecule has 4 rings (SSSR count). The number of aryl methyl sites for hydroxylation is 1. The van der Waals surface area contributed by atoms with Gasteiger partial charge in [0.05, 0.1) is 7.11 Å². The van der Waals surface area contributed by atoms with E-state index in [1.54, 1.807) is 17.9 Å². The molecule has 1 unspecified atom stereocenters. The number of carbonyl (C=O) groups is 1. The molecule has 1 aliphatic rings. The van der Waals surface area contributed by atoms with Crippen molar-refractivity contribution >= 4 is 16.7 Å². The first-order valence-electron chi connectivity index (χ1n) is 10.6. The number of pyridine rings is 1. The number of fused-ring (bicyclic) bond motifs is 1. The van der Waals surface area contributed by atoms with Crippen molar-refractivity contribution in [2.45, 2.75) is 51.1 Å². The van der Waals surface area contributed by atoms with E-state index in [4.69, 9.17) is 4.74 Å². The first kappa shape index (κ1) is 20.2. The van der Waals surface area contributed by atoms with Crippen molar-refractivity contribution in [3.63, 3.8) is 0 Å². The van der Waals surface area contributed by atoms with E-state index in [-0.39, 0.29) is 17.5 Å². The number of amides is 1. The maximum Gasteiger partial charge on any atom is 0.259 e. The van der Waals surface area contributed by atoms with E-state index in [1.807, 2.05) is 55.5 Å². The van der Waals surface area contributed by atoms with Crippen molar-refractivity contribution in [2.24, 2.45) is 0 Å². The first-order chi connectivity index (χ1) is 14.6. The monoisotopic (exact) mass is 404 g/mol. The molecule has 1 amide bonds. The zero-order valence-electron chi connectivity index (χ0n) is 17.6. The minimum atomic E-state index is -0.728.